The number of benzene rings is 4. The van der Waals surface area contributed by atoms with Crippen LogP contribution in [0.15, 0.2) is 97.1 Å². The first kappa shape index (κ1) is 126. The number of fused-ring (bicyclic) bond motifs is 6. The van der Waals surface area contributed by atoms with Gasteiger partial charge in [-0.25, -0.2) is 4.79 Å². The van der Waals surface area contributed by atoms with Crippen LogP contribution in [-0.2, 0) is 105 Å². The first-order valence-corrected chi connectivity index (χ1v) is 52.1. The van der Waals surface area contributed by atoms with Crippen LogP contribution in [0, 0.1) is 82.9 Å². The first-order chi connectivity index (χ1) is 67.5. The molecule has 4 heterocycles. The van der Waals surface area contributed by atoms with E-state index in [-0.39, 0.29) is 177 Å². The highest BCUT2D eigenvalue weighted by Gasteiger charge is 2.46. The Kier molecular flexibility index (Phi) is 58.2. The summed E-state index contributed by atoms with van der Waals surface area (Å²) in [5.74, 6) is 0.102. The van der Waals surface area contributed by atoms with Crippen LogP contribution in [0.3, 0.4) is 0 Å². The minimum absolute atomic E-state index is 0.00115. The third-order valence-corrected chi connectivity index (χ3v) is 28.7. The normalized spacial score (nSPS) is 25.7. The van der Waals surface area contributed by atoms with Crippen molar-refractivity contribution in [2.24, 2.45) is 82.9 Å². The molecule has 0 aromatic heterocycles. The van der Waals surface area contributed by atoms with Gasteiger partial charge in [-0.3, -0.25) is 53.3 Å². The van der Waals surface area contributed by atoms with Crippen LogP contribution in [0.25, 0.3) is 22.3 Å². The summed E-state index contributed by atoms with van der Waals surface area (Å²) in [5, 5.41) is 40.1. The molecule has 30 heteroatoms. The van der Waals surface area contributed by atoms with Crippen molar-refractivity contribution in [2.45, 2.75) is 343 Å². The lowest BCUT2D eigenvalue weighted by atomic mass is 9.78. The molecule has 30 nitrogen and oxygen atoms in total. The lowest BCUT2D eigenvalue weighted by molar-refractivity contribution is -0.280. The number of ether oxygens (including phenoxy) is 12. The minimum Gasteiger partial charge on any atom is -0.465 e. The number of esters is 3. The lowest BCUT2D eigenvalue weighted by Gasteiger charge is -2.44. The molecule has 142 heavy (non-hydrogen) atoms. The van der Waals surface area contributed by atoms with E-state index in [0.29, 0.717) is 107 Å². The van der Waals surface area contributed by atoms with Gasteiger partial charge in [-0.2, -0.15) is 0 Å². The Bertz CT molecular complexity index is 4380. The number of aliphatic hydroxyl groups excluding tert-OH is 3. The Balaban J connectivity index is 0.000000368. The van der Waals surface area contributed by atoms with Crippen LogP contribution in [0.4, 0.5) is 4.79 Å². The maximum atomic E-state index is 13.1. The highest BCUT2D eigenvalue weighted by molar-refractivity contribution is 5.92. The Morgan fingerprint density at radius 2 is 0.817 bits per heavy atom. The second-order valence-electron chi connectivity index (χ2n) is 39.1. The highest BCUT2D eigenvalue weighted by atomic mass is 16.7. The molecule has 4 aliphatic heterocycles. The van der Waals surface area contributed by atoms with E-state index in [1.165, 1.54) is 49.4 Å². The van der Waals surface area contributed by atoms with E-state index in [0.717, 1.165) is 41.5 Å². The van der Waals surface area contributed by atoms with Gasteiger partial charge in [0.25, 0.3) is 0 Å². The topological polar surface area (TPSA) is 407 Å². The van der Waals surface area contributed by atoms with Gasteiger partial charge in [-0.05, 0) is 146 Å². The first-order valence-electron chi connectivity index (χ1n) is 52.1. The third-order valence-electron chi connectivity index (χ3n) is 28.7. The predicted octanol–water partition coefficient (Wildman–Crippen LogP) is 17.4. The standard InChI is InChI=1S/C33H43NO7.C20H35NO8.C17H16O2.C14H26O4.C13H23NO3.C12H25NO2.C3H8/c1-7-12-29(36)31(22(5)40-32-21(4)19(2)20(3)30(41-32)18-38-23(6)35)34-33(37)39-17-28-26-15-10-8-13-24(26)25-14-9-11-16-27(25)28;1-5-11(3)19(27)21-8-14(23)7-13(6-2)15(24)10-28-20-12(4)17(25)18(26)16(9-22)29-20;1-2-17(18)19-11-16-14-9-5-3-7-12(14)13-8-4-6-10-15(13)16;1-6-7-16-14-11(4)9(2)10(3)13(18-14)8-17-12(5)15;1-5-9(3)13(17)14-8-12(16)7-11(6-2)10(4)15;1-6-11-9(3)8(2)10(4)12(15-11)14-7-13-5;1-3-2/h8-11,13-16,19-22,28,30-32H,7,12,17-18H2,1-6H3,(H,34,37);11-13,16-18,20,22,25-26H,5-10H2,1-4H3,(H,21,27);3-10,16H,2,11H2,1H3;9-11,13-14H,6-8H2,1-5H3;9,11H,5-8H2,1-4H3,(H,14,17);8-13H,6-7H2,1-5H3;3H2,1-2H3/t19-,20+,21?,22+,30?,31-,32-;11?,12?,13?,16?,17-,18+,20+;;9-,10+,11?,13?,14-;;8?,9-,10+,11?,12?;/m01.0.0./s1. The molecule has 4 aromatic carbocycles. The van der Waals surface area contributed by atoms with Gasteiger partial charge in [0.15, 0.2) is 48.3 Å². The maximum Gasteiger partial charge on any atom is 0.407 e. The fraction of sp³-hybridized carbons (Fsp3) is 0.688. The summed E-state index contributed by atoms with van der Waals surface area (Å²) >= 11 is 0. The van der Waals surface area contributed by atoms with Crippen molar-refractivity contribution in [3.8, 4) is 22.3 Å². The summed E-state index contributed by atoms with van der Waals surface area (Å²) in [4.78, 5) is 130. The summed E-state index contributed by atoms with van der Waals surface area (Å²) < 4.78 is 68.1. The van der Waals surface area contributed by atoms with Gasteiger partial charge < -0.3 is 88.1 Å². The zero-order valence-corrected chi connectivity index (χ0v) is 90.2. The monoisotopic (exact) mass is 1990 g/mol. The Morgan fingerprint density at radius 1 is 0.423 bits per heavy atom. The van der Waals surface area contributed by atoms with Gasteiger partial charge in [0.05, 0.1) is 56.9 Å². The van der Waals surface area contributed by atoms with Crippen molar-refractivity contribution >= 4 is 64.7 Å². The fourth-order valence-electron chi connectivity index (χ4n) is 17.8. The molecule has 3 amide bonds. The molecule has 6 aliphatic rings. The number of alkyl carbamates (subject to hydrolysis) is 1. The molecule has 4 fully saturated rings. The highest BCUT2D eigenvalue weighted by Crippen LogP contribution is 2.47. The van der Waals surface area contributed by atoms with E-state index in [9.17, 15) is 68.1 Å². The zero-order valence-electron chi connectivity index (χ0n) is 90.2. The van der Waals surface area contributed by atoms with Crippen molar-refractivity contribution in [3.05, 3.63) is 119 Å². The zero-order chi connectivity index (χ0) is 106. The maximum absolute atomic E-state index is 13.1. The van der Waals surface area contributed by atoms with Crippen molar-refractivity contribution < 1.29 is 125 Å². The number of amides is 3. The Hall–Kier alpha value is -8.63. The van der Waals surface area contributed by atoms with Crippen molar-refractivity contribution in [1.29, 1.82) is 0 Å². The molecule has 4 aromatic rings. The molecule has 0 saturated carbocycles. The van der Waals surface area contributed by atoms with E-state index in [4.69, 9.17) is 56.8 Å². The van der Waals surface area contributed by atoms with Gasteiger partial charge in [0, 0.05) is 105 Å². The van der Waals surface area contributed by atoms with Crippen LogP contribution in [0.5, 0.6) is 0 Å². The predicted molar refractivity (Wildman–Crippen MR) is 547 cm³/mol. The van der Waals surface area contributed by atoms with Crippen LogP contribution >= 0.6 is 0 Å². The van der Waals surface area contributed by atoms with Gasteiger partial charge in [-0.15, -0.1) is 0 Å². The Morgan fingerprint density at radius 3 is 1.21 bits per heavy atom. The average molecular weight is 1990 g/mol. The smallest absolute Gasteiger partial charge is 0.407 e. The van der Waals surface area contributed by atoms with Gasteiger partial charge >= 0.3 is 24.0 Å². The molecule has 4 saturated heterocycles. The molecule has 0 bridgehead atoms. The quantitative estimate of drug-likeness (QED) is 0.0123. The largest absolute Gasteiger partial charge is 0.465 e. The number of carbonyl (C=O) groups is 11. The number of rotatable bonds is 43. The summed E-state index contributed by atoms with van der Waals surface area (Å²) in [5.41, 5.74) is 9.56. The molecule has 0 radical (unpaired) electrons. The number of hydrogen-bond donors (Lipinski definition) is 7. The SMILES string of the molecule is CCC.CCC(=O)OCC1c2ccccc2-c2ccccc21.CCC(C)C(=O)NCC(=O)CC(CC)C(=O)CO[C@H]1OC(CO)[C@H](O)[C@H](O)C1C.CCC(C)C(=O)NCC(=O)CC(CC)C(C)=O.CCC1OC(OCNC)[C@H](C)C(C)[C@@H]1C.CCCC(=O)[C@@H](NC(=O)OCC1c2ccccc2-c2ccccc21)[C@@H](C)O[C@H]1OC(COC(C)=O)[C@H](C)[C@H](C)C1C.CCCO[C@H]1OC(COC(C)=O)[C@H](C)[C@H](C)C1C. The lowest BCUT2D eigenvalue weighted by Crippen LogP contribution is -2.55. The molecule has 13 unspecified atom stereocenters. The van der Waals surface area contributed by atoms with Crippen LogP contribution < -0.4 is 21.3 Å². The molecular formula is C112H176N4O26. The summed E-state index contributed by atoms with van der Waals surface area (Å²) in [7, 11) is 1.89. The minimum atomic E-state index is -1.24. The third kappa shape index (κ3) is 39.0. The number of nitrogens with one attached hydrogen (secondary N) is 4. The molecule has 26 atom stereocenters. The van der Waals surface area contributed by atoms with E-state index < -0.39 is 67.6 Å². The summed E-state index contributed by atoms with van der Waals surface area (Å²) in [6, 6.07) is 32.1. The van der Waals surface area contributed by atoms with E-state index in [1.807, 2.05) is 91.9 Å². The molecule has 10 rings (SSSR count). The second-order valence-corrected chi connectivity index (χ2v) is 39.1. The number of Topliss-reactive ketones (excluding diaryl/α,β-unsaturated/α-hetero) is 5. The van der Waals surface area contributed by atoms with Gasteiger partial charge in [-0.1, -0.05) is 256 Å². The van der Waals surface area contributed by atoms with E-state index in [1.54, 1.807) is 27.7 Å². The van der Waals surface area contributed by atoms with Gasteiger partial charge in [0.2, 0.25) is 11.8 Å². The molecule has 2 aliphatic carbocycles. The second kappa shape index (κ2) is 65.8. The van der Waals surface area contributed by atoms with Crippen molar-refractivity contribution in [2.75, 3.05) is 73.1 Å². The van der Waals surface area contributed by atoms with Crippen LogP contribution in [0.2, 0.25) is 0 Å². The fourth-order valence-corrected chi connectivity index (χ4v) is 17.8. The number of hydrogen-bond acceptors (Lipinski definition) is 27. The number of carbonyl (C=O) groups excluding carboxylic acids is 11. The van der Waals surface area contributed by atoms with Crippen LogP contribution in [-0.4, -0.2) is 227 Å². The van der Waals surface area contributed by atoms with Crippen molar-refractivity contribution in [3.63, 3.8) is 0 Å². The molecule has 7 N–H and O–H groups in total. The van der Waals surface area contributed by atoms with Crippen molar-refractivity contribution in [1.82, 2.24) is 21.3 Å². The molecular weight excluding hydrogens is 1820 g/mol. The number of aliphatic hydroxyl groups is 3. The average Bonchev–Trinajstić information content (AvgIpc) is 1.62. The Labute approximate surface area is 846 Å². The van der Waals surface area contributed by atoms with Crippen LogP contribution in [0.1, 0.15) is 291 Å². The molecule has 0 spiro atoms. The summed E-state index contributed by atoms with van der Waals surface area (Å²) in [6.45, 7) is 52.0. The van der Waals surface area contributed by atoms with Gasteiger partial charge in [0.1, 0.15) is 57.1 Å². The number of ketones is 5. The summed E-state index contributed by atoms with van der Waals surface area (Å²) in [6.07, 6.45) is 0.833. The molecule has 800 valence electrons. The van der Waals surface area contributed by atoms with E-state index in [2.05, 4.69) is 165 Å². The van der Waals surface area contributed by atoms with E-state index >= 15 is 0 Å².